The van der Waals surface area contributed by atoms with Crippen LogP contribution >= 0.6 is 0 Å². The van der Waals surface area contributed by atoms with Crippen molar-refractivity contribution in [3.8, 4) is 0 Å². The van der Waals surface area contributed by atoms with E-state index in [9.17, 15) is 14.3 Å². The molecular weight excluding hydrogens is 185 g/mol. The fraction of sp³-hybridized carbons (Fsp3) is 0.300. The smallest absolute Gasteiger partial charge is 0.258 e. The molecule has 2 N–H and O–H groups in total. The number of aliphatic hydroxyl groups is 1. The van der Waals surface area contributed by atoms with Crippen LogP contribution in [-0.2, 0) is 4.79 Å². The first-order valence-electron chi connectivity index (χ1n) is 4.21. The van der Waals surface area contributed by atoms with Gasteiger partial charge in [0.1, 0.15) is 6.67 Å². The van der Waals surface area contributed by atoms with Gasteiger partial charge in [-0.25, -0.2) is 4.39 Å². The Hall–Kier alpha value is -1.42. The first kappa shape index (κ1) is 10.7. The van der Waals surface area contributed by atoms with Crippen LogP contribution in [-0.4, -0.2) is 23.3 Å². The van der Waals surface area contributed by atoms with E-state index in [1.165, 1.54) is 0 Å². The molecule has 1 atom stereocenters. The van der Waals surface area contributed by atoms with Crippen molar-refractivity contribution in [1.29, 1.82) is 0 Å². The van der Waals surface area contributed by atoms with Crippen molar-refractivity contribution in [2.24, 2.45) is 0 Å². The summed E-state index contributed by atoms with van der Waals surface area (Å²) >= 11 is 0. The van der Waals surface area contributed by atoms with Gasteiger partial charge in [-0.3, -0.25) is 4.79 Å². The maximum absolute atomic E-state index is 12.2. The summed E-state index contributed by atoms with van der Waals surface area (Å²) in [5.74, 6) is -0.744. The Kier molecular flexibility index (Phi) is 3.19. The second kappa shape index (κ2) is 4.19. The fourth-order valence-corrected chi connectivity index (χ4v) is 0.848. The van der Waals surface area contributed by atoms with Crippen LogP contribution in [0.4, 0.5) is 10.1 Å². The largest absolute Gasteiger partial charge is 0.378 e. The molecule has 3 nitrogen and oxygen atoms in total. The fourth-order valence-electron chi connectivity index (χ4n) is 0.848. The molecule has 14 heavy (non-hydrogen) atoms. The Labute approximate surface area is 81.6 Å². The summed E-state index contributed by atoms with van der Waals surface area (Å²) in [7, 11) is 0. The van der Waals surface area contributed by atoms with Crippen molar-refractivity contribution in [3.63, 3.8) is 0 Å². The Balaban J connectivity index is 2.67. The van der Waals surface area contributed by atoms with E-state index in [0.29, 0.717) is 5.69 Å². The van der Waals surface area contributed by atoms with Gasteiger partial charge in [0.15, 0.2) is 5.60 Å². The molecule has 0 aromatic heterocycles. The Bertz CT molecular complexity index is 311. The molecule has 1 rings (SSSR count). The van der Waals surface area contributed by atoms with Gasteiger partial charge in [0.05, 0.1) is 0 Å². The molecule has 0 saturated heterocycles. The molecule has 0 aliphatic rings. The molecule has 0 bridgehead atoms. The quantitative estimate of drug-likeness (QED) is 0.768. The van der Waals surface area contributed by atoms with E-state index < -0.39 is 18.2 Å². The lowest BCUT2D eigenvalue weighted by Crippen LogP contribution is -2.41. The molecule has 0 fully saturated rings. The highest BCUT2D eigenvalue weighted by atomic mass is 19.1. The minimum absolute atomic E-state index is 0.534. The summed E-state index contributed by atoms with van der Waals surface area (Å²) in [6.45, 7) is 0.0247. The monoisotopic (exact) mass is 197 g/mol. The lowest BCUT2D eigenvalue weighted by atomic mass is 10.1. The predicted molar refractivity (Wildman–Crippen MR) is 51.7 cm³/mol. The number of hydrogen-bond acceptors (Lipinski definition) is 2. The van der Waals surface area contributed by atoms with Gasteiger partial charge in [0, 0.05) is 5.69 Å². The first-order valence-corrected chi connectivity index (χ1v) is 4.21. The van der Waals surface area contributed by atoms with Crippen molar-refractivity contribution in [3.05, 3.63) is 30.3 Å². The van der Waals surface area contributed by atoms with Crippen molar-refractivity contribution in [2.75, 3.05) is 12.0 Å². The number of halogens is 1. The molecule has 1 aromatic carbocycles. The number of rotatable bonds is 3. The standard InChI is InChI=1S/C10H12FNO2/c1-10(14,7-11)9(13)12-8-5-3-2-4-6-8/h2-6,14H,7H2,1H3,(H,12,13)/t10-/m0/s1/i11+0. The first-order chi connectivity index (χ1) is 6.56. The number of hydrogen-bond donors (Lipinski definition) is 2. The van der Waals surface area contributed by atoms with Crippen LogP contribution in [0.3, 0.4) is 0 Å². The summed E-state index contributed by atoms with van der Waals surface area (Å²) in [6, 6.07) is 8.58. The van der Waals surface area contributed by atoms with Crippen LogP contribution in [0, 0.1) is 0 Å². The minimum atomic E-state index is -1.96. The van der Waals surface area contributed by atoms with E-state index in [4.69, 9.17) is 0 Å². The van der Waals surface area contributed by atoms with Crippen molar-refractivity contribution in [1.82, 2.24) is 0 Å². The zero-order chi connectivity index (χ0) is 10.6. The molecule has 0 saturated carbocycles. The van der Waals surface area contributed by atoms with E-state index >= 15 is 0 Å². The third-order valence-corrected chi connectivity index (χ3v) is 1.78. The molecule has 1 amide bonds. The molecular formula is C10H12FNO2. The third-order valence-electron chi connectivity index (χ3n) is 1.78. The molecule has 0 heterocycles. The maximum atomic E-state index is 12.2. The summed E-state index contributed by atoms with van der Waals surface area (Å²) in [4.78, 5) is 11.3. The second-order valence-electron chi connectivity index (χ2n) is 3.23. The van der Waals surface area contributed by atoms with Crippen molar-refractivity contribution < 1.29 is 14.3 Å². The third kappa shape index (κ3) is 2.53. The SMILES string of the molecule is C[C@](O)(C[19F])C(=O)Nc1ccccc1. The van der Waals surface area contributed by atoms with Crippen LogP contribution < -0.4 is 5.32 Å². The number of alkyl halides is 1. The number of benzene rings is 1. The second-order valence-corrected chi connectivity index (χ2v) is 3.23. The van der Waals surface area contributed by atoms with Crippen LogP contribution in [0.1, 0.15) is 6.92 Å². The average molecular weight is 197 g/mol. The van der Waals surface area contributed by atoms with E-state index in [1.54, 1.807) is 30.3 Å². The molecule has 76 valence electrons. The highest BCUT2D eigenvalue weighted by molar-refractivity contribution is 5.96. The van der Waals surface area contributed by atoms with Crippen molar-refractivity contribution in [2.45, 2.75) is 12.5 Å². The number of anilines is 1. The van der Waals surface area contributed by atoms with Gasteiger partial charge in [-0.2, -0.15) is 0 Å². The van der Waals surface area contributed by atoms with Gasteiger partial charge < -0.3 is 10.4 Å². The van der Waals surface area contributed by atoms with Gasteiger partial charge >= 0.3 is 0 Å². The molecule has 0 radical (unpaired) electrons. The number of amides is 1. The molecule has 0 aliphatic carbocycles. The highest BCUT2D eigenvalue weighted by Gasteiger charge is 2.30. The predicted octanol–water partition coefficient (Wildman–Crippen LogP) is 1.35. The Morgan fingerprint density at radius 1 is 1.50 bits per heavy atom. The Morgan fingerprint density at radius 2 is 2.07 bits per heavy atom. The summed E-state index contributed by atoms with van der Waals surface area (Å²) < 4.78 is 12.2. The lowest BCUT2D eigenvalue weighted by Gasteiger charge is -2.18. The summed E-state index contributed by atoms with van der Waals surface area (Å²) in [6.07, 6.45) is 0. The lowest BCUT2D eigenvalue weighted by molar-refractivity contribution is -0.133. The van der Waals surface area contributed by atoms with E-state index in [2.05, 4.69) is 5.32 Å². The number of nitrogens with one attached hydrogen (secondary N) is 1. The molecule has 0 aliphatic heterocycles. The molecule has 1 aromatic rings. The van der Waals surface area contributed by atoms with Gasteiger partial charge in [-0.05, 0) is 19.1 Å². The maximum Gasteiger partial charge on any atom is 0.258 e. The van der Waals surface area contributed by atoms with E-state index in [-0.39, 0.29) is 0 Å². The van der Waals surface area contributed by atoms with Crippen LogP contribution in [0.15, 0.2) is 30.3 Å². The zero-order valence-electron chi connectivity index (χ0n) is 7.83. The molecule has 0 spiro atoms. The number of carbonyl (C=O) groups excluding carboxylic acids is 1. The van der Waals surface area contributed by atoms with Crippen LogP contribution in [0.25, 0.3) is 0 Å². The number of para-hydroxylation sites is 1. The van der Waals surface area contributed by atoms with Gasteiger partial charge in [-0.15, -0.1) is 0 Å². The normalized spacial score (nSPS) is 14.5. The van der Waals surface area contributed by atoms with Crippen LogP contribution in [0.2, 0.25) is 0 Å². The van der Waals surface area contributed by atoms with E-state index in [0.717, 1.165) is 6.92 Å². The topological polar surface area (TPSA) is 49.3 Å². The highest BCUT2D eigenvalue weighted by Crippen LogP contribution is 2.10. The molecule has 0 unspecified atom stereocenters. The van der Waals surface area contributed by atoms with E-state index in [1.807, 2.05) is 0 Å². The zero-order valence-corrected chi connectivity index (χ0v) is 7.83. The van der Waals surface area contributed by atoms with Crippen LogP contribution in [0.5, 0.6) is 0 Å². The average Bonchev–Trinajstić information content (AvgIpc) is 2.19. The number of carbonyl (C=O) groups is 1. The summed E-state index contributed by atoms with van der Waals surface area (Å²) in [5, 5.41) is 11.7. The van der Waals surface area contributed by atoms with Crippen molar-refractivity contribution >= 4 is 11.6 Å². The van der Waals surface area contributed by atoms with Gasteiger partial charge in [0.2, 0.25) is 0 Å². The summed E-state index contributed by atoms with van der Waals surface area (Å²) in [5.41, 5.74) is -1.43. The van der Waals surface area contributed by atoms with Gasteiger partial charge in [0.25, 0.3) is 5.91 Å². The van der Waals surface area contributed by atoms with Gasteiger partial charge in [-0.1, -0.05) is 18.2 Å². The molecule has 4 heteroatoms. The Morgan fingerprint density at radius 3 is 2.57 bits per heavy atom. The minimum Gasteiger partial charge on any atom is -0.378 e.